The van der Waals surface area contributed by atoms with Crippen LogP contribution in [0, 0.1) is 0 Å². The van der Waals surface area contributed by atoms with Crippen LogP contribution in [-0.2, 0) is 0 Å². The van der Waals surface area contributed by atoms with Crippen molar-refractivity contribution in [2.24, 2.45) is 0 Å². The van der Waals surface area contributed by atoms with Crippen LogP contribution in [-0.4, -0.2) is 4.98 Å². The van der Waals surface area contributed by atoms with E-state index in [1.54, 1.807) is 0 Å². The molecule has 0 spiro atoms. The van der Waals surface area contributed by atoms with Crippen molar-refractivity contribution in [3.05, 3.63) is 97.1 Å². The summed E-state index contributed by atoms with van der Waals surface area (Å²) >= 11 is 3.77. The number of H-pyrrole nitrogens is 1. The lowest BCUT2D eigenvalue weighted by Crippen LogP contribution is -1.78. The van der Waals surface area contributed by atoms with Gasteiger partial charge in [0.1, 0.15) is 0 Å². The zero-order chi connectivity index (χ0) is 21.5. The van der Waals surface area contributed by atoms with Gasteiger partial charge in [0.05, 0.1) is 0 Å². The van der Waals surface area contributed by atoms with Crippen molar-refractivity contribution in [2.75, 3.05) is 0 Å². The summed E-state index contributed by atoms with van der Waals surface area (Å²) < 4.78 is 5.42. The van der Waals surface area contributed by atoms with E-state index in [2.05, 4.69) is 102 Å². The third kappa shape index (κ3) is 2.46. The lowest BCUT2D eigenvalue weighted by molar-refractivity contribution is 1.55. The Balaban J connectivity index is 1.42. The molecule has 0 aliphatic carbocycles. The Morgan fingerprint density at radius 1 is 0.455 bits per heavy atom. The Hall–Kier alpha value is -3.66. The zero-order valence-corrected chi connectivity index (χ0v) is 19.2. The van der Waals surface area contributed by atoms with E-state index in [9.17, 15) is 0 Å². The fourth-order valence-corrected chi connectivity index (χ4v) is 7.60. The molecule has 0 amide bonds. The molecule has 0 atom stereocenters. The Morgan fingerprint density at radius 3 is 1.94 bits per heavy atom. The molecular weight excluding hydrogens is 438 g/mol. The molecule has 5 aromatic carbocycles. The number of thiophene rings is 2. The van der Waals surface area contributed by atoms with Crippen LogP contribution in [0.1, 0.15) is 0 Å². The van der Waals surface area contributed by atoms with Crippen LogP contribution in [0.2, 0.25) is 0 Å². The first-order chi connectivity index (χ1) is 16.3. The predicted octanol–water partition coefficient (Wildman–Crippen LogP) is 9.72. The Morgan fingerprint density at radius 2 is 1.09 bits per heavy atom. The molecular formula is C30H17NS2. The van der Waals surface area contributed by atoms with E-state index >= 15 is 0 Å². The monoisotopic (exact) mass is 455 g/mol. The minimum Gasteiger partial charge on any atom is -0.354 e. The van der Waals surface area contributed by atoms with Crippen LogP contribution in [0.5, 0.6) is 0 Å². The highest BCUT2D eigenvalue weighted by atomic mass is 32.1. The molecule has 8 aromatic rings. The number of hydrogen-bond donors (Lipinski definition) is 1. The summed E-state index contributed by atoms with van der Waals surface area (Å²) in [7, 11) is 0. The molecule has 0 aliphatic rings. The molecule has 1 nitrogen and oxygen atoms in total. The van der Waals surface area contributed by atoms with Gasteiger partial charge in [0, 0.05) is 62.2 Å². The summed E-state index contributed by atoms with van der Waals surface area (Å²) in [6.45, 7) is 0. The largest absolute Gasteiger partial charge is 0.354 e. The molecule has 0 unspecified atom stereocenters. The van der Waals surface area contributed by atoms with Crippen molar-refractivity contribution >= 4 is 84.8 Å². The fourth-order valence-electron chi connectivity index (χ4n) is 5.25. The van der Waals surface area contributed by atoms with Gasteiger partial charge in [-0.1, -0.05) is 54.6 Å². The SMILES string of the molecule is c1ccc2c(c1)sc1ccc(-c3ccc4[nH]c5ccc6c7ccccc7sc6c5c4c3)cc12. The van der Waals surface area contributed by atoms with Crippen molar-refractivity contribution in [3.63, 3.8) is 0 Å². The second-order valence-electron chi connectivity index (χ2n) is 8.66. The molecule has 0 radical (unpaired) electrons. The number of fused-ring (bicyclic) bond motifs is 10. The first kappa shape index (κ1) is 17.8. The number of aromatic nitrogens is 1. The maximum Gasteiger partial charge on any atom is 0.0479 e. The average molecular weight is 456 g/mol. The number of nitrogens with one attached hydrogen (secondary N) is 1. The van der Waals surface area contributed by atoms with Gasteiger partial charge in [0.15, 0.2) is 0 Å². The second-order valence-corrected chi connectivity index (χ2v) is 10.8. The topological polar surface area (TPSA) is 15.8 Å². The fraction of sp³-hybridized carbons (Fsp3) is 0. The second kappa shape index (κ2) is 6.44. The minimum atomic E-state index is 1.20. The zero-order valence-electron chi connectivity index (χ0n) is 17.6. The molecule has 1 N–H and O–H groups in total. The van der Waals surface area contributed by atoms with Gasteiger partial charge < -0.3 is 4.98 Å². The van der Waals surface area contributed by atoms with Crippen LogP contribution in [0.15, 0.2) is 97.1 Å². The van der Waals surface area contributed by atoms with Gasteiger partial charge in [0.2, 0.25) is 0 Å². The number of benzene rings is 5. The maximum absolute atomic E-state index is 3.65. The molecule has 0 aliphatic heterocycles. The van der Waals surface area contributed by atoms with Gasteiger partial charge in [-0.05, 0) is 53.6 Å². The normalized spacial score (nSPS) is 12.2. The Labute approximate surface area is 197 Å². The summed E-state index contributed by atoms with van der Waals surface area (Å²) in [6, 6.07) is 35.7. The molecule has 154 valence electrons. The predicted molar refractivity (Wildman–Crippen MR) is 147 cm³/mol. The summed E-state index contributed by atoms with van der Waals surface area (Å²) in [6.07, 6.45) is 0. The number of aromatic amines is 1. The van der Waals surface area contributed by atoms with E-state index < -0.39 is 0 Å². The molecule has 8 rings (SSSR count). The van der Waals surface area contributed by atoms with Crippen LogP contribution in [0.4, 0.5) is 0 Å². The highest BCUT2D eigenvalue weighted by Crippen LogP contribution is 2.42. The highest BCUT2D eigenvalue weighted by molar-refractivity contribution is 7.27. The minimum absolute atomic E-state index is 1.20. The van der Waals surface area contributed by atoms with Crippen LogP contribution in [0.25, 0.3) is 73.3 Å². The molecule has 3 heterocycles. The average Bonchev–Trinajstić information content (AvgIpc) is 3.53. The summed E-state index contributed by atoms with van der Waals surface area (Å²) in [5, 5.41) is 8.03. The maximum atomic E-state index is 3.65. The van der Waals surface area contributed by atoms with Crippen molar-refractivity contribution in [3.8, 4) is 11.1 Å². The molecule has 3 heteroatoms. The third-order valence-corrected chi connectivity index (χ3v) is 9.17. The van der Waals surface area contributed by atoms with Crippen molar-refractivity contribution in [1.82, 2.24) is 4.98 Å². The van der Waals surface area contributed by atoms with Gasteiger partial charge >= 0.3 is 0 Å². The smallest absolute Gasteiger partial charge is 0.0479 e. The summed E-state index contributed by atoms with van der Waals surface area (Å²) in [4.78, 5) is 3.65. The van der Waals surface area contributed by atoms with Crippen LogP contribution < -0.4 is 0 Å². The molecule has 0 fully saturated rings. The molecule has 0 saturated heterocycles. The standard InChI is InChI=1S/C30H17NS2/c1-4-8-27-19(5-1)21-11-13-25-29(30(21)33-27)23-16-17(9-12-24(23)31-25)18-10-14-28-22(15-18)20-6-2-3-7-26(20)32-28/h1-16,31H. The first-order valence-electron chi connectivity index (χ1n) is 11.1. The quantitative estimate of drug-likeness (QED) is 0.253. The van der Waals surface area contributed by atoms with Crippen molar-refractivity contribution in [2.45, 2.75) is 0 Å². The van der Waals surface area contributed by atoms with Crippen LogP contribution in [0.3, 0.4) is 0 Å². The van der Waals surface area contributed by atoms with E-state index in [0.717, 1.165) is 0 Å². The van der Waals surface area contributed by atoms with E-state index in [1.165, 1.54) is 73.3 Å². The van der Waals surface area contributed by atoms with Crippen LogP contribution >= 0.6 is 22.7 Å². The molecule has 0 saturated carbocycles. The summed E-state index contributed by atoms with van der Waals surface area (Å²) in [5.74, 6) is 0. The van der Waals surface area contributed by atoms with E-state index in [0.29, 0.717) is 0 Å². The number of rotatable bonds is 1. The lowest BCUT2D eigenvalue weighted by atomic mass is 10.0. The summed E-state index contributed by atoms with van der Waals surface area (Å²) in [5.41, 5.74) is 4.94. The lowest BCUT2D eigenvalue weighted by Gasteiger charge is -2.04. The van der Waals surface area contributed by atoms with Crippen molar-refractivity contribution in [1.29, 1.82) is 0 Å². The van der Waals surface area contributed by atoms with Gasteiger partial charge in [0.25, 0.3) is 0 Å². The Bertz CT molecular complexity index is 2030. The Kier molecular flexibility index (Phi) is 3.48. The van der Waals surface area contributed by atoms with Gasteiger partial charge in [-0.15, -0.1) is 22.7 Å². The number of hydrogen-bond acceptors (Lipinski definition) is 2. The van der Waals surface area contributed by atoms with Crippen molar-refractivity contribution < 1.29 is 0 Å². The first-order valence-corrected chi connectivity index (χ1v) is 12.7. The van der Waals surface area contributed by atoms with Gasteiger partial charge in [-0.2, -0.15) is 0 Å². The highest BCUT2D eigenvalue weighted by Gasteiger charge is 2.14. The van der Waals surface area contributed by atoms with E-state index in [-0.39, 0.29) is 0 Å². The van der Waals surface area contributed by atoms with E-state index in [1.807, 2.05) is 22.7 Å². The van der Waals surface area contributed by atoms with Gasteiger partial charge in [-0.3, -0.25) is 0 Å². The van der Waals surface area contributed by atoms with Gasteiger partial charge in [-0.25, -0.2) is 0 Å². The third-order valence-electron chi connectivity index (χ3n) is 6.82. The molecule has 33 heavy (non-hydrogen) atoms. The molecule has 0 bridgehead atoms. The van der Waals surface area contributed by atoms with E-state index in [4.69, 9.17) is 0 Å². The molecule has 3 aromatic heterocycles.